The minimum absolute atomic E-state index is 0.859. The summed E-state index contributed by atoms with van der Waals surface area (Å²) in [5, 5.41) is 1.21. The third kappa shape index (κ3) is 2.49. The predicted octanol–water partition coefficient (Wildman–Crippen LogP) is 2.76. The molecule has 0 N–H and O–H groups in total. The quantitative estimate of drug-likeness (QED) is 0.805. The van der Waals surface area contributed by atoms with Crippen molar-refractivity contribution in [2.75, 3.05) is 32.8 Å². The monoisotopic (exact) mass is 280 g/mol. The molecule has 1 aromatic heterocycles. The fraction of sp³-hybridized carbons (Fsp3) is 0.462. The van der Waals surface area contributed by atoms with E-state index in [2.05, 4.69) is 33.1 Å². The highest BCUT2D eigenvalue weighted by atomic mass is 32.1. The number of ether oxygens (including phenoxy) is 1. The average molecular weight is 280 g/mol. The lowest BCUT2D eigenvalue weighted by atomic mass is 10.3. The van der Waals surface area contributed by atoms with Gasteiger partial charge in [-0.25, -0.2) is 0 Å². The van der Waals surface area contributed by atoms with Crippen LogP contribution in [-0.4, -0.2) is 41.7 Å². The van der Waals surface area contributed by atoms with E-state index in [0.29, 0.717) is 0 Å². The second-order valence-corrected chi connectivity index (χ2v) is 5.90. The second kappa shape index (κ2) is 5.48. The van der Waals surface area contributed by atoms with Gasteiger partial charge in [-0.3, -0.25) is 8.86 Å². The first-order chi connectivity index (χ1) is 8.84. The van der Waals surface area contributed by atoms with E-state index >= 15 is 0 Å². The van der Waals surface area contributed by atoms with Crippen LogP contribution in [0.5, 0.6) is 0 Å². The van der Waals surface area contributed by atoms with Gasteiger partial charge in [0.05, 0.1) is 17.9 Å². The topological polar surface area (TPSA) is 17.4 Å². The Morgan fingerprint density at radius 2 is 1.94 bits per heavy atom. The van der Waals surface area contributed by atoms with Gasteiger partial charge < -0.3 is 4.74 Å². The van der Waals surface area contributed by atoms with Gasteiger partial charge in [0, 0.05) is 31.6 Å². The molecule has 96 valence electrons. The molecule has 1 fully saturated rings. The molecule has 3 nitrogen and oxygen atoms in total. The van der Waals surface area contributed by atoms with Crippen LogP contribution in [0.4, 0.5) is 0 Å². The van der Waals surface area contributed by atoms with Gasteiger partial charge in [0.25, 0.3) is 0 Å². The average Bonchev–Trinajstić information content (AvgIpc) is 2.75. The Morgan fingerprint density at radius 1 is 1.17 bits per heavy atom. The number of rotatable bonds is 3. The summed E-state index contributed by atoms with van der Waals surface area (Å²) >= 11 is 7.29. The second-order valence-electron chi connectivity index (χ2n) is 4.45. The van der Waals surface area contributed by atoms with Crippen LogP contribution in [0.3, 0.4) is 0 Å². The first-order valence-corrected chi connectivity index (χ1v) is 7.42. The first-order valence-electron chi connectivity index (χ1n) is 6.23. The van der Waals surface area contributed by atoms with Crippen LogP contribution in [0.25, 0.3) is 10.1 Å². The summed E-state index contributed by atoms with van der Waals surface area (Å²) in [5.74, 6) is 0. The Labute approximate surface area is 116 Å². The van der Waals surface area contributed by atoms with Crippen molar-refractivity contribution in [2.45, 2.75) is 6.54 Å². The number of nitrogens with zero attached hydrogens (tertiary/aromatic N) is 2. The molecule has 5 heteroatoms. The number of fused-ring (bicyclic) bond motifs is 1. The van der Waals surface area contributed by atoms with Gasteiger partial charge in [0.2, 0.25) is 0 Å². The lowest BCUT2D eigenvalue weighted by molar-refractivity contribution is 0.0367. The molecule has 0 saturated carbocycles. The van der Waals surface area contributed by atoms with Crippen LogP contribution in [-0.2, 0) is 11.3 Å². The van der Waals surface area contributed by atoms with Crippen molar-refractivity contribution in [2.24, 2.45) is 0 Å². The number of hydrogen-bond donors (Lipinski definition) is 0. The standard InChI is InChI=1S/C13H16N2OS2/c17-13-11-3-1-2-4-12(11)18-15(13)6-5-14-7-9-16-10-8-14/h1-4H,5-10H2. The lowest BCUT2D eigenvalue weighted by Crippen LogP contribution is -2.38. The molecule has 0 spiro atoms. The molecule has 2 heterocycles. The summed E-state index contributed by atoms with van der Waals surface area (Å²) in [7, 11) is 0. The SMILES string of the molecule is S=c1c2ccccc2sn1CCN1CCOCC1. The number of hydrogen-bond acceptors (Lipinski definition) is 4. The van der Waals surface area contributed by atoms with Crippen LogP contribution in [0, 0.1) is 4.64 Å². The minimum atomic E-state index is 0.859. The van der Waals surface area contributed by atoms with E-state index in [4.69, 9.17) is 17.0 Å². The predicted molar refractivity (Wildman–Crippen MR) is 77.9 cm³/mol. The molecule has 1 aliphatic heterocycles. The minimum Gasteiger partial charge on any atom is -0.379 e. The van der Waals surface area contributed by atoms with Gasteiger partial charge in [-0.15, -0.1) is 0 Å². The zero-order chi connectivity index (χ0) is 12.4. The molecule has 0 atom stereocenters. The maximum Gasteiger partial charge on any atom is 0.123 e. The Morgan fingerprint density at radius 3 is 2.72 bits per heavy atom. The molecule has 0 bridgehead atoms. The van der Waals surface area contributed by atoms with Crippen LogP contribution in [0.1, 0.15) is 0 Å². The third-order valence-electron chi connectivity index (χ3n) is 3.28. The van der Waals surface area contributed by atoms with Crippen molar-refractivity contribution in [3.05, 3.63) is 28.9 Å². The van der Waals surface area contributed by atoms with E-state index in [0.717, 1.165) is 44.0 Å². The maximum absolute atomic E-state index is 5.52. The summed E-state index contributed by atoms with van der Waals surface area (Å²) in [6.07, 6.45) is 0. The molecule has 0 radical (unpaired) electrons. The van der Waals surface area contributed by atoms with Crippen LogP contribution in [0.2, 0.25) is 0 Å². The van der Waals surface area contributed by atoms with Crippen LogP contribution >= 0.6 is 23.8 Å². The fourth-order valence-electron chi connectivity index (χ4n) is 2.22. The highest BCUT2D eigenvalue weighted by Gasteiger charge is 2.11. The maximum atomic E-state index is 5.52. The van der Waals surface area contributed by atoms with Gasteiger partial charge in [-0.05, 0) is 6.07 Å². The third-order valence-corrected chi connectivity index (χ3v) is 4.97. The smallest absolute Gasteiger partial charge is 0.123 e. The number of aromatic nitrogens is 1. The Hall–Kier alpha value is -0.750. The molecule has 0 amide bonds. The van der Waals surface area contributed by atoms with E-state index in [-0.39, 0.29) is 0 Å². The molecule has 1 aromatic carbocycles. The summed E-state index contributed by atoms with van der Waals surface area (Å²) < 4.78 is 9.85. The van der Waals surface area contributed by atoms with E-state index in [1.807, 2.05) is 0 Å². The van der Waals surface area contributed by atoms with Crippen LogP contribution in [0.15, 0.2) is 24.3 Å². The van der Waals surface area contributed by atoms with Crippen molar-refractivity contribution in [1.82, 2.24) is 8.86 Å². The zero-order valence-electron chi connectivity index (χ0n) is 10.2. The normalized spacial score (nSPS) is 17.3. The molecule has 0 aliphatic carbocycles. The number of morpholine rings is 1. The fourth-order valence-corrected chi connectivity index (χ4v) is 3.66. The van der Waals surface area contributed by atoms with Crippen molar-refractivity contribution in [3.63, 3.8) is 0 Å². The molecular weight excluding hydrogens is 264 g/mol. The van der Waals surface area contributed by atoms with Crippen molar-refractivity contribution < 1.29 is 4.74 Å². The summed E-state index contributed by atoms with van der Waals surface area (Å²) in [5.41, 5.74) is 0. The van der Waals surface area contributed by atoms with Crippen molar-refractivity contribution >= 4 is 33.8 Å². The van der Waals surface area contributed by atoms with E-state index in [1.165, 1.54) is 10.1 Å². The van der Waals surface area contributed by atoms with Gasteiger partial charge in [0.15, 0.2) is 0 Å². The van der Waals surface area contributed by atoms with Gasteiger partial charge in [-0.2, -0.15) is 0 Å². The molecule has 1 saturated heterocycles. The summed E-state index contributed by atoms with van der Waals surface area (Å²) in [6, 6.07) is 8.37. The van der Waals surface area contributed by atoms with E-state index in [1.54, 1.807) is 11.5 Å². The summed E-state index contributed by atoms with van der Waals surface area (Å²) in [6.45, 7) is 5.84. The molecule has 1 aliphatic rings. The van der Waals surface area contributed by atoms with Crippen molar-refractivity contribution in [1.29, 1.82) is 0 Å². The van der Waals surface area contributed by atoms with Gasteiger partial charge >= 0.3 is 0 Å². The molecule has 18 heavy (non-hydrogen) atoms. The van der Waals surface area contributed by atoms with Gasteiger partial charge in [0.1, 0.15) is 4.64 Å². The summed E-state index contributed by atoms with van der Waals surface area (Å²) in [4.78, 5) is 2.44. The Kier molecular flexibility index (Phi) is 3.75. The molecule has 0 unspecified atom stereocenters. The van der Waals surface area contributed by atoms with E-state index in [9.17, 15) is 0 Å². The van der Waals surface area contributed by atoms with Gasteiger partial charge in [-0.1, -0.05) is 41.9 Å². The lowest BCUT2D eigenvalue weighted by Gasteiger charge is -2.26. The zero-order valence-corrected chi connectivity index (χ0v) is 11.8. The largest absolute Gasteiger partial charge is 0.379 e. The highest BCUT2D eigenvalue weighted by molar-refractivity contribution is 7.71. The molecule has 2 aromatic rings. The van der Waals surface area contributed by atoms with Crippen LogP contribution < -0.4 is 0 Å². The first kappa shape index (κ1) is 12.3. The van der Waals surface area contributed by atoms with Crippen molar-refractivity contribution in [3.8, 4) is 0 Å². The Bertz CT molecular complexity index is 584. The molecular formula is C13H16N2OS2. The highest BCUT2D eigenvalue weighted by Crippen LogP contribution is 2.22. The Balaban J connectivity index is 1.74. The number of benzene rings is 1. The van der Waals surface area contributed by atoms with E-state index < -0.39 is 0 Å². The molecule has 3 rings (SSSR count).